The number of hydrogen-bond donors (Lipinski definition) is 1. The molecule has 0 aromatic carbocycles. The standard InChI is InChI=1S/C15H27NO5/c1-10(2)12(17)20-9-21-13(18)11-7-14(3,4)16(19)15(5,6)8-11/h10-11,19H,7-9H2,1-6H3. The van der Waals surface area contributed by atoms with Crippen LogP contribution in [0.2, 0.25) is 0 Å². The van der Waals surface area contributed by atoms with Gasteiger partial charge in [0.15, 0.2) is 0 Å². The van der Waals surface area contributed by atoms with Gasteiger partial charge in [0, 0.05) is 11.1 Å². The fraction of sp³-hybridized carbons (Fsp3) is 0.867. The molecule has 0 amide bonds. The maximum Gasteiger partial charge on any atom is 0.311 e. The van der Waals surface area contributed by atoms with Crippen molar-refractivity contribution in [3.8, 4) is 0 Å². The van der Waals surface area contributed by atoms with E-state index in [1.165, 1.54) is 5.06 Å². The van der Waals surface area contributed by atoms with Gasteiger partial charge in [-0.2, -0.15) is 5.06 Å². The van der Waals surface area contributed by atoms with E-state index >= 15 is 0 Å². The first-order valence-corrected chi connectivity index (χ1v) is 7.30. The summed E-state index contributed by atoms with van der Waals surface area (Å²) in [4.78, 5) is 23.4. The number of ether oxygens (including phenoxy) is 2. The Balaban J connectivity index is 2.57. The molecule has 1 aliphatic rings. The lowest BCUT2D eigenvalue weighted by Crippen LogP contribution is -2.60. The van der Waals surface area contributed by atoms with E-state index in [0.29, 0.717) is 12.8 Å². The minimum atomic E-state index is -0.514. The highest BCUT2D eigenvalue weighted by molar-refractivity contribution is 5.74. The fourth-order valence-electron chi connectivity index (χ4n) is 2.87. The Hall–Kier alpha value is -1.14. The van der Waals surface area contributed by atoms with Crippen molar-refractivity contribution in [2.24, 2.45) is 11.8 Å². The van der Waals surface area contributed by atoms with Crippen molar-refractivity contribution in [2.75, 3.05) is 6.79 Å². The zero-order valence-corrected chi connectivity index (χ0v) is 13.8. The van der Waals surface area contributed by atoms with Gasteiger partial charge >= 0.3 is 11.9 Å². The van der Waals surface area contributed by atoms with Crippen molar-refractivity contribution in [3.63, 3.8) is 0 Å². The molecule has 1 saturated heterocycles. The predicted octanol–water partition coefficient (Wildman–Crippen LogP) is 2.34. The van der Waals surface area contributed by atoms with E-state index in [9.17, 15) is 14.8 Å². The molecule has 0 bridgehead atoms. The molecule has 1 fully saturated rings. The molecule has 1 N–H and O–H groups in total. The highest BCUT2D eigenvalue weighted by Gasteiger charge is 2.47. The number of carbonyl (C=O) groups excluding carboxylic acids is 2. The average Bonchev–Trinajstić information content (AvgIpc) is 2.34. The van der Waals surface area contributed by atoms with Gasteiger partial charge in [0.25, 0.3) is 0 Å². The molecular formula is C15H27NO5. The van der Waals surface area contributed by atoms with E-state index in [-0.39, 0.29) is 24.6 Å². The quantitative estimate of drug-likeness (QED) is 0.634. The first kappa shape index (κ1) is 17.9. The number of hydrogen-bond acceptors (Lipinski definition) is 6. The summed E-state index contributed by atoms with van der Waals surface area (Å²) in [6, 6.07) is 0. The SMILES string of the molecule is CC(C)C(=O)OCOC(=O)C1CC(C)(C)N(O)C(C)(C)C1. The normalized spacial score (nSPS) is 22.1. The van der Waals surface area contributed by atoms with Crippen molar-refractivity contribution in [1.29, 1.82) is 0 Å². The maximum atomic E-state index is 12.1. The molecule has 0 spiro atoms. The lowest BCUT2D eigenvalue weighted by molar-refractivity contribution is -0.252. The van der Waals surface area contributed by atoms with Crippen LogP contribution >= 0.6 is 0 Å². The van der Waals surface area contributed by atoms with E-state index in [2.05, 4.69) is 0 Å². The molecule has 0 atom stereocenters. The minimum absolute atomic E-state index is 0.251. The summed E-state index contributed by atoms with van der Waals surface area (Å²) in [5.41, 5.74) is -1.03. The van der Waals surface area contributed by atoms with Gasteiger partial charge in [-0.05, 0) is 40.5 Å². The van der Waals surface area contributed by atoms with Gasteiger partial charge in [-0.15, -0.1) is 0 Å². The Morgan fingerprint density at radius 3 is 2.05 bits per heavy atom. The molecule has 6 nitrogen and oxygen atoms in total. The van der Waals surface area contributed by atoms with Crippen LogP contribution in [0.5, 0.6) is 0 Å². The smallest absolute Gasteiger partial charge is 0.311 e. The highest BCUT2D eigenvalue weighted by atomic mass is 16.7. The van der Waals surface area contributed by atoms with E-state index < -0.39 is 17.0 Å². The topological polar surface area (TPSA) is 76.1 Å². The summed E-state index contributed by atoms with van der Waals surface area (Å²) < 4.78 is 9.89. The number of piperidine rings is 1. The highest BCUT2D eigenvalue weighted by Crippen LogP contribution is 2.40. The van der Waals surface area contributed by atoms with Crippen molar-refractivity contribution in [3.05, 3.63) is 0 Å². The van der Waals surface area contributed by atoms with Gasteiger partial charge in [-0.25, -0.2) is 0 Å². The van der Waals surface area contributed by atoms with E-state index in [4.69, 9.17) is 9.47 Å². The van der Waals surface area contributed by atoms with Gasteiger partial charge in [0.2, 0.25) is 6.79 Å². The van der Waals surface area contributed by atoms with E-state index in [1.807, 2.05) is 27.7 Å². The zero-order chi connectivity index (χ0) is 16.4. The number of rotatable bonds is 4. The molecule has 1 heterocycles. The third-order valence-electron chi connectivity index (χ3n) is 3.85. The molecule has 0 aliphatic carbocycles. The average molecular weight is 301 g/mol. The van der Waals surface area contributed by atoms with Gasteiger partial charge in [-0.1, -0.05) is 13.8 Å². The summed E-state index contributed by atoms with van der Waals surface area (Å²) >= 11 is 0. The Morgan fingerprint density at radius 2 is 1.62 bits per heavy atom. The van der Waals surface area contributed by atoms with Crippen LogP contribution in [-0.2, 0) is 19.1 Å². The molecule has 0 unspecified atom stereocenters. The summed E-state index contributed by atoms with van der Waals surface area (Å²) in [5, 5.41) is 11.5. The lowest BCUT2D eigenvalue weighted by Gasteiger charge is -2.50. The van der Waals surface area contributed by atoms with Crippen LogP contribution in [0, 0.1) is 11.8 Å². The zero-order valence-electron chi connectivity index (χ0n) is 13.8. The van der Waals surface area contributed by atoms with E-state index in [0.717, 1.165) is 0 Å². The lowest BCUT2D eigenvalue weighted by atomic mass is 9.75. The number of carbonyl (C=O) groups is 2. The Morgan fingerprint density at radius 1 is 1.14 bits per heavy atom. The second-order valence-corrected chi connectivity index (χ2v) is 7.24. The molecule has 0 aromatic rings. The number of esters is 2. The Bertz CT molecular complexity index is 385. The van der Waals surface area contributed by atoms with Crippen LogP contribution < -0.4 is 0 Å². The Kier molecular flexibility index (Phi) is 5.39. The fourth-order valence-corrected chi connectivity index (χ4v) is 2.87. The monoisotopic (exact) mass is 301 g/mol. The maximum absolute atomic E-state index is 12.1. The second kappa shape index (κ2) is 6.32. The number of nitrogens with zero attached hydrogens (tertiary/aromatic N) is 1. The summed E-state index contributed by atoms with van der Waals surface area (Å²) in [6.07, 6.45) is 0.980. The molecule has 122 valence electrons. The van der Waals surface area contributed by atoms with Crippen LogP contribution in [0.4, 0.5) is 0 Å². The first-order chi connectivity index (χ1) is 9.47. The van der Waals surface area contributed by atoms with Gasteiger partial charge in [0.1, 0.15) is 0 Å². The van der Waals surface area contributed by atoms with Crippen molar-refractivity contribution >= 4 is 11.9 Å². The molecule has 1 rings (SSSR count). The molecule has 0 aromatic heterocycles. The number of hydroxylamine groups is 2. The molecule has 0 saturated carbocycles. The van der Waals surface area contributed by atoms with Crippen molar-refractivity contribution in [2.45, 2.75) is 65.5 Å². The Labute approximate surface area is 126 Å². The van der Waals surface area contributed by atoms with Crippen molar-refractivity contribution < 1.29 is 24.3 Å². The van der Waals surface area contributed by atoms with E-state index in [1.54, 1.807) is 13.8 Å². The first-order valence-electron chi connectivity index (χ1n) is 7.30. The van der Waals surface area contributed by atoms with Gasteiger partial charge in [0.05, 0.1) is 11.8 Å². The van der Waals surface area contributed by atoms with Crippen LogP contribution in [0.25, 0.3) is 0 Å². The van der Waals surface area contributed by atoms with Crippen LogP contribution in [-0.4, -0.2) is 40.1 Å². The molecular weight excluding hydrogens is 274 g/mol. The molecule has 0 radical (unpaired) electrons. The largest absolute Gasteiger partial charge is 0.428 e. The van der Waals surface area contributed by atoms with Crippen LogP contribution in [0.3, 0.4) is 0 Å². The van der Waals surface area contributed by atoms with Gasteiger partial charge in [-0.3, -0.25) is 9.59 Å². The van der Waals surface area contributed by atoms with Crippen LogP contribution in [0.15, 0.2) is 0 Å². The van der Waals surface area contributed by atoms with Crippen molar-refractivity contribution in [1.82, 2.24) is 5.06 Å². The predicted molar refractivity (Wildman–Crippen MR) is 76.4 cm³/mol. The third-order valence-corrected chi connectivity index (χ3v) is 3.85. The van der Waals surface area contributed by atoms with Gasteiger partial charge < -0.3 is 14.7 Å². The summed E-state index contributed by atoms with van der Waals surface area (Å²) in [7, 11) is 0. The summed E-state index contributed by atoms with van der Waals surface area (Å²) in [6.45, 7) is 10.6. The second-order valence-electron chi connectivity index (χ2n) is 7.24. The molecule has 6 heteroatoms. The molecule has 21 heavy (non-hydrogen) atoms. The molecule has 1 aliphatic heterocycles. The van der Waals surface area contributed by atoms with Crippen LogP contribution in [0.1, 0.15) is 54.4 Å². The summed E-state index contributed by atoms with van der Waals surface area (Å²) in [5.74, 6) is -1.36. The third kappa shape index (κ3) is 4.41. The minimum Gasteiger partial charge on any atom is -0.428 e.